The molecule has 0 fully saturated rings. The Labute approximate surface area is 173 Å². The molecule has 0 amide bonds. The van der Waals surface area contributed by atoms with Crippen LogP contribution in [0.15, 0.2) is 109 Å². The van der Waals surface area contributed by atoms with Crippen molar-refractivity contribution in [1.29, 1.82) is 0 Å². The number of ether oxygens (including phenoxy) is 1. The molecule has 0 unspecified atom stereocenters. The second-order valence-electron chi connectivity index (χ2n) is 6.96. The van der Waals surface area contributed by atoms with Crippen molar-refractivity contribution in [2.75, 3.05) is 18.1 Å². The van der Waals surface area contributed by atoms with Gasteiger partial charge in [0.15, 0.2) is 0 Å². The number of fused-ring (bicyclic) bond motifs is 1. The average molecular weight is 395 g/mol. The van der Waals surface area contributed by atoms with Gasteiger partial charge < -0.3 is 9.64 Å². The van der Waals surface area contributed by atoms with Crippen molar-refractivity contribution in [3.8, 4) is 5.75 Å². The molecule has 5 rings (SSSR count). The molecule has 0 saturated heterocycles. The first-order valence-electron chi connectivity index (χ1n) is 9.90. The van der Waals surface area contributed by atoms with Crippen molar-refractivity contribution >= 4 is 35.2 Å². The zero-order valence-electron chi connectivity index (χ0n) is 16.1. The Morgan fingerprint density at radius 3 is 1.83 bits per heavy atom. The van der Waals surface area contributed by atoms with Gasteiger partial charge in [0.1, 0.15) is 12.4 Å². The third kappa shape index (κ3) is 3.52. The molecule has 0 bridgehead atoms. The van der Waals surface area contributed by atoms with Crippen LogP contribution in [-0.4, -0.2) is 13.2 Å². The lowest BCUT2D eigenvalue weighted by atomic mass is 10.2. The summed E-state index contributed by atoms with van der Waals surface area (Å²) in [6.07, 6.45) is 0. The van der Waals surface area contributed by atoms with Gasteiger partial charge in [-0.05, 0) is 36.7 Å². The highest BCUT2D eigenvalue weighted by atomic mass is 31.1. The van der Waals surface area contributed by atoms with Gasteiger partial charge in [0.25, 0.3) is 0 Å². The predicted octanol–water partition coefficient (Wildman–Crippen LogP) is 4.98. The number of rotatable bonds is 4. The number of nitrogens with zero attached hydrogens (tertiary/aromatic N) is 1. The lowest BCUT2D eigenvalue weighted by Gasteiger charge is -2.34. The van der Waals surface area contributed by atoms with Gasteiger partial charge in [-0.1, -0.05) is 91.0 Å². The number of anilines is 2. The van der Waals surface area contributed by atoms with Gasteiger partial charge in [0, 0.05) is 11.0 Å². The van der Waals surface area contributed by atoms with E-state index in [1.54, 1.807) is 0 Å². The van der Waals surface area contributed by atoms with Crippen LogP contribution < -0.4 is 25.6 Å². The topological polar surface area (TPSA) is 12.5 Å². The summed E-state index contributed by atoms with van der Waals surface area (Å²) in [5.41, 5.74) is 2.41. The summed E-state index contributed by atoms with van der Waals surface area (Å²) < 4.78 is 5.91. The molecule has 0 aliphatic carbocycles. The van der Waals surface area contributed by atoms with Crippen molar-refractivity contribution in [3.05, 3.63) is 109 Å². The second-order valence-corrected chi connectivity index (χ2v) is 9.15. The van der Waals surface area contributed by atoms with Crippen LogP contribution in [0.1, 0.15) is 0 Å². The van der Waals surface area contributed by atoms with E-state index in [9.17, 15) is 0 Å². The Hall–Kier alpha value is -3.09. The van der Waals surface area contributed by atoms with E-state index in [0.717, 1.165) is 18.0 Å². The summed E-state index contributed by atoms with van der Waals surface area (Å²) in [7, 11) is -0.663. The van der Waals surface area contributed by atoms with Gasteiger partial charge in [-0.3, -0.25) is 0 Å². The van der Waals surface area contributed by atoms with E-state index >= 15 is 0 Å². The van der Waals surface area contributed by atoms with Gasteiger partial charge in [-0.15, -0.1) is 0 Å². The number of hydrogen-bond acceptors (Lipinski definition) is 2. The standard InChI is InChI=1S/C26H22NOP/c1-3-11-21(12-4-1)29(22-13-5-2-6-14-22)26-18-10-8-16-24(26)27-19-20-28-25-17-9-7-15-23(25)27/h1-18H,19-20H2. The smallest absolute Gasteiger partial charge is 0.143 e. The molecule has 29 heavy (non-hydrogen) atoms. The maximum atomic E-state index is 5.91. The van der Waals surface area contributed by atoms with E-state index in [2.05, 4.69) is 108 Å². The van der Waals surface area contributed by atoms with Gasteiger partial charge in [0.05, 0.1) is 12.2 Å². The minimum atomic E-state index is -0.663. The van der Waals surface area contributed by atoms with Crippen LogP contribution in [-0.2, 0) is 0 Å². The fourth-order valence-corrected chi connectivity index (χ4v) is 6.34. The molecular weight excluding hydrogens is 373 g/mol. The molecule has 0 atom stereocenters. The molecule has 1 aliphatic heterocycles. The van der Waals surface area contributed by atoms with Crippen LogP contribution >= 0.6 is 7.92 Å². The highest BCUT2D eigenvalue weighted by Crippen LogP contribution is 2.41. The van der Waals surface area contributed by atoms with Gasteiger partial charge in [0.2, 0.25) is 0 Å². The zero-order chi connectivity index (χ0) is 19.5. The molecule has 0 aromatic heterocycles. The molecule has 0 saturated carbocycles. The van der Waals surface area contributed by atoms with Gasteiger partial charge in [-0.25, -0.2) is 0 Å². The van der Waals surface area contributed by atoms with Gasteiger partial charge >= 0.3 is 0 Å². The monoisotopic (exact) mass is 395 g/mol. The quantitative estimate of drug-likeness (QED) is 0.452. The van der Waals surface area contributed by atoms with Crippen LogP contribution in [0.5, 0.6) is 5.75 Å². The highest BCUT2D eigenvalue weighted by molar-refractivity contribution is 7.80. The summed E-state index contributed by atoms with van der Waals surface area (Å²) in [5, 5.41) is 4.10. The van der Waals surface area contributed by atoms with Crippen molar-refractivity contribution in [1.82, 2.24) is 0 Å². The lowest BCUT2D eigenvalue weighted by molar-refractivity contribution is 0.314. The van der Waals surface area contributed by atoms with E-state index < -0.39 is 7.92 Å². The van der Waals surface area contributed by atoms with Crippen LogP contribution in [0.4, 0.5) is 11.4 Å². The summed E-state index contributed by atoms with van der Waals surface area (Å²) in [6.45, 7) is 1.54. The fourth-order valence-electron chi connectivity index (χ4n) is 3.88. The van der Waals surface area contributed by atoms with Crippen LogP contribution in [0.3, 0.4) is 0 Å². The fraction of sp³-hybridized carbons (Fsp3) is 0.0769. The van der Waals surface area contributed by atoms with Gasteiger partial charge in [-0.2, -0.15) is 0 Å². The lowest BCUT2D eigenvalue weighted by Crippen LogP contribution is -2.33. The molecule has 1 aliphatic rings. The van der Waals surface area contributed by atoms with E-state index in [4.69, 9.17) is 4.74 Å². The second kappa shape index (κ2) is 8.11. The molecule has 0 radical (unpaired) electrons. The summed E-state index contributed by atoms with van der Waals surface area (Å²) >= 11 is 0. The first-order valence-corrected chi connectivity index (χ1v) is 11.2. The first kappa shape index (κ1) is 18.0. The maximum absolute atomic E-state index is 5.91. The molecule has 1 heterocycles. The molecular formula is C26H22NOP. The third-order valence-corrected chi connectivity index (χ3v) is 7.66. The number of para-hydroxylation sites is 3. The molecule has 4 aromatic carbocycles. The third-order valence-electron chi connectivity index (χ3n) is 5.17. The summed E-state index contributed by atoms with van der Waals surface area (Å²) in [4.78, 5) is 2.41. The normalized spacial score (nSPS) is 13.1. The molecule has 4 aromatic rings. The Kier molecular flexibility index (Phi) is 5.02. The molecule has 3 heteroatoms. The van der Waals surface area contributed by atoms with Crippen molar-refractivity contribution < 1.29 is 4.74 Å². The van der Waals surface area contributed by atoms with E-state index in [1.165, 1.54) is 21.6 Å². The minimum Gasteiger partial charge on any atom is -0.490 e. The first-order chi connectivity index (χ1) is 14.4. The van der Waals surface area contributed by atoms with Crippen molar-refractivity contribution in [3.63, 3.8) is 0 Å². The molecule has 0 N–H and O–H groups in total. The van der Waals surface area contributed by atoms with E-state index in [0.29, 0.717) is 6.61 Å². The van der Waals surface area contributed by atoms with Crippen LogP contribution in [0.25, 0.3) is 0 Å². The molecule has 0 spiro atoms. The van der Waals surface area contributed by atoms with E-state index in [-0.39, 0.29) is 0 Å². The maximum Gasteiger partial charge on any atom is 0.143 e. The van der Waals surface area contributed by atoms with Crippen LogP contribution in [0.2, 0.25) is 0 Å². The van der Waals surface area contributed by atoms with Crippen LogP contribution in [0, 0.1) is 0 Å². The minimum absolute atomic E-state index is 0.663. The van der Waals surface area contributed by atoms with Crippen molar-refractivity contribution in [2.45, 2.75) is 0 Å². The van der Waals surface area contributed by atoms with E-state index in [1.807, 2.05) is 6.07 Å². The summed E-state index contributed by atoms with van der Waals surface area (Å²) in [6, 6.07) is 38.9. The Morgan fingerprint density at radius 2 is 1.14 bits per heavy atom. The largest absolute Gasteiger partial charge is 0.490 e. The zero-order valence-corrected chi connectivity index (χ0v) is 17.0. The predicted molar refractivity (Wildman–Crippen MR) is 124 cm³/mol. The Bertz CT molecular complexity index is 1060. The average Bonchev–Trinajstić information content (AvgIpc) is 2.81. The SMILES string of the molecule is c1ccc(P(c2ccccc2)c2ccccc2N2CCOc3ccccc32)cc1. The Morgan fingerprint density at radius 1 is 0.586 bits per heavy atom. The van der Waals surface area contributed by atoms with Crippen molar-refractivity contribution in [2.24, 2.45) is 0 Å². The molecule has 142 valence electrons. The number of hydrogen-bond donors (Lipinski definition) is 0. The number of benzene rings is 4. The highest BCUT2D eigenvalue weighted by Gasteiger charge is 2.25. The molecule has 2 nitrogen and oxygen atoms in total. The summed E-state index contributed by atoms with van der Waals surface area (Å²) in [5.74, 6) is 0.956. The Balaban J connectivity index is 1.68.